The van der Waals surface area contributed by atoms with Crippen molar-refractivity contribution in [2.24, 2.45) is 0 Å². The molecule has 3 heterocycles. The van der Waals surface area contributed by atoms with E-state index in [1.54, 1.807) is 0 Å². The SMILES string of the molecule is CC1(C)c2ccccc2-c2nc(-c3cccc4sc5ccccc5c34)c(-n3c4cc5ccccc5cc4c4ccc5ccccc5c43)nc21. The summed E-state index contributed by atoms with van der Waals surface area (Å²) in [5, 5.41) is 9.77. The summed E-state index contributed by atoms with van der Waals surface area (Å²) in [6.45, 7) is 4.58. The van der Waals surface area contributed by atoms with Gasteiger partial charge in [0, 0.05) is 52.9 Å². The van der Waals surface area contributed by atoms with Gasteiger partial charge in [-0.3, -0.25) is 4.57 Å². The first kappa shape index (κ1) is 27.1. The lowest BCUT2D eigenvalue weighted by atomic mass is 9.85. The number of rotatable bonds is 2. The summed E-state index contributed by atoms with van der Waals surface area (Å²) in [5.41, 5.74) is 8.44. The van der Waals surface area contributed by atoms with Crippen LogP contribution in [0.1, 0.15) is 25.1 Å². The van der Waals surface area contributed by atoms with Crippen molar-refractivity contribution in [3.8, 4) is 28.3 Å². The molecule has 0 spiro atoms. The van der Waals surface area contributed by atoms with E-state index in [4.69, 9.17) is 9.97 Å². The Morgan fingerprint density at radius 3 is 2.10 bits per heavy atom. The van der Waals surface area contributed by atoms with E-state index >= 15 is 0 Å². The van der Waals surface area contributed by atoms with Crippen molar-refractivity contribution in [3.05, 3.63) is 151 Å². The highest BCUT2D eigenvalue weighted by molar-refractivity contribution is 7.25. The Hall–Kier alpha value is -5.84. The first-order valence-electron chi connectivity index (χ1n) is 16.8. The monoisotopic (exact) mass is 643 g/mol. The van der Waals surface area contributed by atoms with E-state index in [9.17, 15) is 0 Å². The minimum atomic E-state index is -0.305. The van der Waals surface area contributed by atoms with Crippen molar-refractivity contribution in [1.29, 1.82) is 0 Å². The zero-order valence-corrected chi connectivity index (χ0v) is 27.8. The zero-order chi connectivity index (χ0) is 32.4. The maximum atomic E-state index is 5.80. The van der Waals surface area contributed by atoms with Gasteiger partial charge >= 0.3 is 0 Å². The molecule has 0 saturated heterocycles. The van der Waals surface area contributed by atoms with Crippen molar-refractivity contribution in [1.82, 2.24) is 14.5 Å². The second-order valence-corrected chi connectivity index (χ2v) is 14.9. The Balaban J connectivity index is 1.37. The van der Waals surface area contributed by atoms with Gasteiger partial charge in [0.05, 0.1) is 22.4 Å². The molecule has 1 aliphatic carbocycles. The molecule has 230 valence electrons. The highest BCUT2D eigenvalue weighted by Gasteiger charge is 2.39. The van der Waals surface area contributed by atoms with Crippen LogP contribution in [0.15, 0.2) is 140 Å². The molecule has 0 aliphatic heterocycles. The van der Waals surface area contributed by atoms with Gasteiger partial charge < -0.3 is 0 Å². The Bertz CT molecular complexity index is 3030. The molecule has 49 heavy (non-hydrogen) atoms. The molecule has 0 N–H and O–H groups in total. The van der Waals surface area contributed by atoms with Gasteiger partial charge in [-0.05, 0) is 46.0 Å². The van der Waals surface area contributed by atoms with Crippen LogP contribution >= 0.6 is 11.3 Å². The largest absolute Gasteiger partial charge is 0.291 e. The third-order valence-corrected chi connectivity index (χ3v) is 11.8. The molecule has 0 amide bonds. The predicted octanol–water partition coefficient (Wildman–Crippen LogP) is 12.2. The number of benzene rings is 7. The van der Waals surface area contributed by atoms with Crippen LogP contribution in [0.5, 0.6) is 0 Å². The summed E-state index contributed by atoms with van der Waals surface area (Å²) < 4.78 is 4.96. The molecule has 0 unspecified atom stereocenters. The minimum Gasteiger partial charge on any atom is -0.291 e. The molecule has 11 rings (SSSR count). The number of aromatic nitrogens is 3. The normalized spacial score (nSPS) is 13.7. The number of nitrogens with zero attached hydrogens (tertiary/aromatic N) is 3. The molecule has 3 aromatic heterocycles. The fourth-order valence-electron chi connectivity index (χ4n) is 8.40. The first-order valence-corrected chi connectivity index (χ1v) is 17.7. The van der Waals surface area contributed by atoms with Gasteiger partial charge in [-0.15, -0.1) is 11.3 Å². The van der Waals surface area contributed by atoms with E-state index in [1.807, 2.05) is 11.3 Å². The molecule has 4 heteroatoms. The molecule has 7 aromatic carbocycles. The van der Waals surface area contributed by atoms with Crippen LogP contribution in [0.4, 0.5) is 0 Å². The van der Waals surface area contributed by atoms with Gasteiger partial charge in [-0.1, -0.05) is 129 Å². The molecular weight excluding hydrogens is 615 g/mol. The smallest absolute Gasteiger partial charge is 0.164 e. The lowest BCUT2D eigenvalue weighted by molar-refractivity contribution is 0.633. The number of fused-ring (bicyclic) bond motifs is 12. The number of thiophene rings is 1. The molecule has 10 aromatic rings. The third kappa shape index (κ3) is 3.61. The van der Waals surface area contributed by atoms with Crippen LogP contribution in [-0.2, 0) is 5.41 Å². The van der Waals surface area contributed by atoms with Gasteiger partial charge in [-0.25, -0.2) is 9.97 Å². The summed E-state index contributed by atoms with van der Waals surface area (Å²) in [6.07, 6.45) is 0. The molecule has 3 nitrogen and oxygen atoms in total. The average Bonchev–Trinajstić information content (AvgIpc) is 3.75. The van der Waals surface area contributed by atoms with Crippen molar-refractivity contribution < 1.29 is 0 Å². The lowest BCUT2D eigenvalue weighted by Gasteiger charge is -2.22. The molecule has 0 radical (unpaired) electrons. The molecule has 0 bridgehead atoms. The summed E-state index contributed by atoms with van der Waals surface area (Å²) in [4.78, 5) is 11.5. The average molecular weight is 644 g/mol. The van der Waals surface area contributed by atoms with Crippen molar-refractivity contribution >= 4 is 74.9 Å². The van der Waals surface area contributed by atoms with Crippen molar-refractivity contribution in [2.45, 2.75) is 19.3 Å². The van der Waals surface area contributed by atoms with Gasteiger partial charge in [0.25, 0.3) is 0 Å². The predicted molar refractivity (Wildman–Crippen MR) is 207 cm³/mol. The van der Waals surface area contributed by atoms with Crippen molar-refractivity contribution in [3.63, 3.8) is 0 Å². The van der Waals surface area contributed by atoms with E-state index in [-0.39, 0.29) is 5.41 Å². The maximum Gasteiger partial charge on any atom is 0.164 e. The first-order chi connectivity index (χ1) is 24.1. The van der Waals surface area contributed by atoms with Gasteiger partial charge in [0.1, 0.15) is 5.69 Å². The van der Waals surface area contributed by atoms with Crippen LogP contribution < -0.4 is 0 Å². The van der Waals surface area contributed by atoms with E-state index in [0.29, 0.717) is 0 Å². The summed E-state index contributed by atoms with van der Waals surface area (Å²) >= 11 is 1.84. The quantitative estimate of drug-likeness (QED) is 0.188. The third-order valence-electron chi connectivity index (χ3n) is 10.7. The Labute approximate surface area is 286 Å². The maximum absolute atomic E-state index is 5.80. The summed E-state index contributed by atoms with van der Waals surface area (Å²) in [5.74, 6) is 0.869. The minimum absolute atomic E-state index is 0.305. The lowest BCUT2D eigenvalue weighted by Crippen LogP contribution is -2.18. The second kappa shape index (κ2) is 9.62. The molecule has 0 atom stereocenters. The summed E-state index contributed by atoms with van der Waals surface area (Å²) in [7, 11) is 0. The van der Waals surface area contributed by atoms with E-state index < -0.39 is 0 Å². The topological polar surface area (TPSA) is 30.7 Å². The van der Waals surface area contributed by atoms with Crippen LogP contribution in [-0.4, -0.2) is 14.5 Å². The highest BCUT2D eigenvalue weighted by atomic mass is 32.1. The second-order valence-electron chi connectivity index (χ2n) is 13.8. The van der Waals surface area contributed by atoms with Crippen molar-refractivity contribution in [2.75, 3.05) is 0 Å². The van der Waals surface area contributed by atoms with E-state index in [1.165, 1.54) is 63.6 Å². The van der Waals surface area contributed by atoms with Gasteiger partial charge in [-0.2, -0.15) is 0 Å². The van der Waals surface area contributed by atoms with Crippen LogP contribution in [0, 0.1) is 0 Å². The summed E-state index contributed by atoms with van der Waals surface area (Å²) in [6, 6.07) is 50.8. The van der Waals surface area contributed by atoms with Crippen LogP contribution in [0.25, 0.3) is 91.9 Å². The van der Waals surface area contributed by atoms with E-state index in [0.717, 1.165) is 39.5 Å². The Morgan fingerprint density at radius 2 is 1.22 bits per heavy atom. The Kier molecular flexibility index (Phi) is 5.33. The number of hydrogen-bond acceptors (Lipinski definition) is 3. The fourth-order valence-corrected chi connectivity index (χ4v) is 9.54. The molecule has 0 saturated carbocycles. The van der Waals surface area contributed by atoms with Crippen LogP contribution in [0.2, 0.25) is 0 Å². The standard InChI is InChI=1S/C45H29N3S/c1-45(2)35-19-9-7-16-31(35)40-43(45)47-44(41(46-40)33-18-11-21-38-39(33)32-17-8-10-20-37(32)49-38)48-36-25-28-14-4-3-13-27(28)24-34(36)30-23-22-26-12-5-6-15-29(26)42(30)48/h3-25H,1-2H3. The van der Waals surface area contributed by atoms with Gasteiger partial charge in [0.15, 0.2) is 5.82 Å². The molecular formula is C45H29N3S. The zero-order valence-electron chi connectivity index (χ0n) is 27.0. The molecule has 0 fully saturated rings. The van der Waals surface area contributed by atoms with Crippen LogP contribution in [0.3, 0.4) is 0 Å². The number of hydrogen-bond donors (Lipinski definition) is 0. The van der Waals surface area contributed by atoms with E-state index in [2.05, 4.69) is 158 Å². The molecule has 1 aliphatic rings. The Morgan fingerprint density at radius 1 is 0.531 bits per heavy atom. The van der Waals surface area contributed by atoms with Gasteiger partial charge in [0.2, 0.25) is 0 Å². The fraction of sp³-hybridized carbons (Fsp3) is 0.0667. The highest BCUT2D eigenvalue weighted by Crippen LogP contribution is 2.50.